The molecule has 0 fully saturated rings. The highest BCUT2D eigenvalue weighted by Gasteiger charge is 2.24. The van der Waals surface area contributed by atoms with Crippen LogP contribution in [0.3, 0.4) is 0 Å². The normalized spacial score (nSPS) is 13.9. The van der Waals surface area contributed by atoms with Crippen molar-refractivity contribution >= 4 is 33.9 Å². The molecular formula is C15H18BrNO3. The Labute approximate surface area is 127 Å². The van der Waals surface area contributed by atoms with Crippen molar-refractivity contribution in [2.75, 3.05) is 0 Å². The van der Waals surface area contributed by atoms with Gasteiger partial charge < -0.3 is 10.4 Å². The summed E-state index contributed by atoms with van der Waals surface area (Å²) < 4.78 is 0.876. The predicted octanol–water partition coefficient (Wildman–Crippen LogP) is 3.08. The zero-order chi connectivity index (χ0) is 15.1. The van der Waals surface area contributed by atoms with Crippen LogP contribution in [-0.4, -0.2) is 23.0 Å². The van der Waals surface area contributed by atoms with Crippen molar-refractivity contribution in [2.45, 2.75) is 26.3 Å². The third kappa shape index (κ3) is 4.81. The molecule has 0 radical (unpaired) electrons. The van der Waals surface area contributed by atoms with Gasteiger partial charge in [0.05, 0.1) is 0 Å². The Morgan fingerprint density at radius 1 is 1.40 bits per heavy atom. The van der Waals surface area contributed by atoms with E-state index >= 15 is 0 Å². The lowest BCUT2D eigenvalue weighted by atomic mass is 9.99. The molecule has 1 rings (SSSR count). The Morgan fingerprint density at radius 3 is 2.60 bits per heavy atom. The molecule has 2 unspecified atom stereocenters. The summed E-state index contributed by atoms with van der Waals surface area (Å²) in [5, 5.41) is 11.6. The van der Waals surface area contributed by atoms with Crippen LogP contribution in [0.15, 0.2) is 34.8 Å². The lowest BCUT2D eigenvalue weighted by molar-refractivity contribution is -0.142. The number of carbonyl (C=O) groups excluding carboxylic acids is 1. The van der Waals surface area contributed by atoms with Gasteiger partial charge in [0.1, 0.15) is 6.04 Å². The number of benzene rings is 1. The number of aliphatic carboxylic acids is 1. The molecule has 0 aliphatic carbocycles. The molecule has 0 aliphatic heterocycles. The predicted molar refractivity (Wildman–Crippen MR) is 82.2 cm³/mol. The van der Waals surface area contributed by atoms with Gasteiger partial charge in [0.25, 0.3) is 0 Å². The molecule has 1 aromatic rings. The van der Waals surface area contributed by atoms with Crippen LogP contribution >= 0.6 is 15.9 Å². The lowest BCUT2D eigenvalue weighted by Crippen LogP contribution is -2.44. The standard InChI is InChI=1S/C15H18BrNO3/c1-3-10(2)14(15(19)20)17-13(18)9-8-11-6-4-5-7-12(11)16/h4-10,14H,3H2,1-2H3,(H,17,18)(H,19,20)/b9-8+. The maximum absolute atomic E-state index is 11.8. The number of halogens is 1. The van der Waals surface area contributed by atoms with Crippen LogP contribution < -0.4 is 5.32 Å². The van der Waals surface area contributed by atoms with Crippen molar-refractivity contribution in [3.8, 4) is 0 Å². The van der Waals surface area contributed by atoms with Gasteiger partial charge in [-0.25, -0.2) is 4.79 Å². The zero-order valence-corrected chi connectivity index (χ0v) is 13.1. The van der Waals surface area contributed by atoms with Gasteiger partial charge in [0.15, 0.2) is 0 Å². The fourth-order valence-corrected chi connectivity index (χ4v) is 2.08. The second kappa shape index (κ2) is 7.85. The molecule has 0 aliphatic rings. The fraction of sp³-hybridized carbons (Fsp3) is 0.333. The van der Waals surface area contributed by atoms with Gasteiger partial charge in [-0.2, -0.15) is 0 Å². The highest BCUT2D eigenvalue weighted by Crippen LogP contribution is 2.17. The van der Waals surface area contributed by atoms with E-state index in [9.17, 15) is 9.59 Å². The third-order valence-corrected chi connectivity index (χ3v) is 3.82. The Balaban J connectivity index is 2.71. The van der Waals surface area contributed by atoms with Crippen LogP contribution in [0.25, 0.3) is 6.08 Å². The molecule has 5 heteroatoms. The smallest absolute Gasteiger partial charge is 0.326 e. The highest BCUT2D eigenvalue weighted by molar-refractivity contribution is 9.10. The summed E-state index contributed by atoms with van der Waals surface area (Å²) in [7, 11) is 0. The molecule has 0 saturated heterocycles. The van der Waals surface area contributed by atoms with Crippen LogP contribution in [0.2, 0.25) is 0 Å². The first-order valence-corrected chi connectivity index (χ1v) is 7.21. The molecule has 4 nitrogen and oxygen atoms in total. The molecule has 0 bridgehead atoms. The van der Waals surface area contributed by atoms with Crippen molar-refractivity contribution in [1.82, 2.24) is 5.32 Å². The SMILES string of the molecule is CCC(C)C(NC(=O)/C=C/c1ccccc1Br)C(=O)O. The monoisotopic (exact) mass is 339 g/mol. The van der Waals surface area contributed by atoms with E-state index < -0.39 is 17.9 Å². The Morgan fingerprint density at radius 2 is 2.05 bits per heavy atom. The van der Waals surface area contributed by atoms with Crippen molar-refractivity contribution in [3.05, 3.63) is 40.4 Å². The zero-order valence-electron chi connectivity index (χ0n) is 11.5. The third-order valence-electron chi connectivity index (χ3n) is 3.10. The Kier molecular flexibility index (Phi) is 6.45. The summed E-state index contributed by atoms with van der Waals surface area (Å²) >= 11 is 3.38. The first kappa shape index (κ1) is 16.4. The van der Waals surface area contributed by atoms with E-state index in [1.54, 1.807) is 13.0 Å². The highest BCUT2D eigenvalue weighted by atomic mass is 79.9. The number of carboxylic acids is 1. The number of carbonyl (C=O) groups is 2. The van der Waals surface area contributed by atoms with Crippen molar-refractivity contribution in [1.29, 1.82) is 0 Å². The maximum Gasteiger partial charge on any atom is 0.326 e. The Bertz CT molecular complexity index is 514. The molecule has 20 heavy (non-hydrogen) atoms. The van der Waals surface area contributed by atoms with Gasteiger partial charge in [0, 0.05) is 10.5 Å². The summed E-state index contributed by atoms with van der Waals surface area (Å²) in [6.45, 7) is 3.69. The molecule has 0 saturated carbocycles. The average Bonchev–Trinajstić information content (AvgIpc) is 2.42. The molecule has 2 atom stereocenters. The summed E-state index contributed by atoms with van der Waals surface area (Å²) in [4.78, 5) is 22.9. The first-order chi connectivity index (χ1) is 9.45. The van der Waals surface area contributed by atoms with Crippen molar-refractivity contribution in [2.24, 2.45) is 5.92 Å². The van der Waals surface area contributed by atoms with Gasteiger partial charge in [-0.3, -0.25) is 4.79 Å². The molecule has 0 heterocycles. The number of hydrogen-bond donors (Lipinski definition) is 2. The van der Waals surface area contributed by atoms with E-state index in [0.29, 0.717) is 6.42 Å². The van der Waals surface area contributed by atoms with Crippen LogP contribution in [-0.2, 0) is 9.59 Å². The molecule has 108 valence electrons. The number of hydrogen-bond acceptors (Lipinski definition) is 2. The van der Waals surface area contributed by atoms with E-state index in [0.717, 1.165) is 10.0 Å². The van der Waals surface area contributed by atoms with Crippen LogP contribution in [0, 0.1) is 5.92 Å². The quantitative estimate of drug-likeness (QED) is 0.782. The van der Waals surface area contributed by atoms with Crippen molar-refractivity contribution < 1.29 is 14.7 Å². The largest absolute Gasteiger partial charge is 0.480 e. The summed E-state index contributed by atoms with van der Waals surface area (Å²) in [5.74, 6) is -1.54. The molecule has 1 amide bonds. The fourth-order valence-electron chi connectivity index (χ4n) is 1.66. The first-order valence-electron chi connectivity index (χ1n) is 6.41. The molecule has 1 aromatic carbocycles. The minimum Gasteiger partial charge on any atom is -0.480 e. The van der Waals surface area contributed by atoms with Crippen molar-refractivity contribution in [3.63, 3.8) is 0 Å². The van der Waals surface area contributed by atoms with Gasteiger partial charge in [-0.15, -0.1) is 0 Å². The van der Waals surface area contributed by atoms with E-state index in [1.165, 1.54) is 6.08 Å². The summed E-state index contributed by atoms with van der Waals surface area (Å²) in [6.07, 6.45) is 3.68. The van der Waals surface area contributed by atoms with Crippen LogP contribution in [0.4, 0.5) is 0 Å². The van der Waals surface area contributed by atoms with E-state index in [1.807, 2.05) is 31.2 Å². The average molecular weight is 340 g/mol. The van der Waals surface area contributed by atoms with Gasteiger partial charge in [0.2, 0.25) is 5.91 Å². The second-order valence-corrected chi connectivity index (χ2v) is 5.42. The van der Waals surface area contributed by atoms with Crippen LogP contribution in [0.1, 0.15) is 25.8 Å². The van der Waals surface area contributed by atoms with Gasteiger partial charge in [-0.05, 0) is 23.6 Å². The summed E-state index contributed by atoms with van der Waals surface area (Å²) in [6, 6.07) is 6.61. The second-order valence-electron chi connectivity index (χ2n) is 4.56. The minimum atomic E-state index is -1.01. The molecule has 2 N–H and O–H groups in total. The topological polar surface area (TPSA) is 66.4 Å². The summed E-state index contributed by atoms with van der Waals surface area (Å²) in [5.41, 5.74) is 0.859. The maximum atomic E-state index is 11.8. The van der Waals surface area contributed by atoms with Crippen LogP contribution in [0.5, 0.6) is 0 Å². The lowest BCUT2D eigenvalue weighted by Gasteiger charge is -2.19. The van der Waals surface area contributed by atoms with E-state index in [2.05, 4.69) is 21.2 Å². The molecule has 0 spiro atoms. The number of rotatable bonds is 6. The van der Waals surface area contributed by atoms with Gasteiger partial charge >= 0.3 is 5.97 Å². The molecular weight excluding hydrogens is 322 g/mol. The minimum absolute atomic E-state index is 0.117. The number of carboxylic acid groups (broad SMARTS) is 1. The van der Waals surface area contributed by atoms with E-state index in [4.69, 9.17) is 5.11 Å². The molecule has 0 aromatic heterocycles. The number of nitrogens with one attached hydrogen (secondary N) is 1. The van der Waals surface area contributed by atoms with Gasteiger partial charge in [-0.1, -0.05) is 54.4 Å². The Hall–Kier alpha value is -1.62. The number of amides is 1. The van der Waals surface area contributed by atoms with E-state index in [-0.39, 0.29) is 5.92 Å².